The Morgan fingerprint density at radius 3 is 1.92 bits per heavy atom. The van der Waals surface area contributed by atoms with Gasteiger partial charge in [-0.2, -0.15) is 5.26 Å². The van der Waals surface area contributed by atoms with Crippen molar-refractivity contribution in [2.75, 3.05) is 22.1 Å². The smallest absolute Gasteiger partial charge is 0.234 e. The molecule has 4 N–H and O–H groups in total. The Bertz CT molecular complexity index is 1720. The molecule has 5 rings (SSSR count). The van der Waals surface area contributed by atoms with Gasteiger partial charge in [0.25, 0.3) is 0 Å². The molecule has 0 spiro atoms. The van der Waals surface area contributed by atoms with Gasteiger partial charge in [0.05, 0.1) is 44.8 Å². The van der Waals surface area contributed by atoms with E-state index < -0.39 is 0 Å². The summed E-state index contributed by atoms with van der Waals surface area (Å²) >= 11 is 2.58. The molecule has 2 amide bonds. The maximum Gasteiger partial charge on any atom is 0.234 e. The van der Waals surface area contributed by atoms with Gasteiger partial charge in [-0.05, 0) is 67.4 Å². The van der Waals surface area contributed by atoms with Gasteiger partial charge in [0.2, 0.25) is 11.8 Å². The summed E-state index contributed by atoms with van der Waals surface area (Å²) in [6, 6.07) is 18.7. The molecular weight excluding hydrogens is 518 g/mol. The van der Waals surface area contributed by atoms with Crippen LogP contribution >= 0.6 is 23.5 Å². The first-order valence-electron chi connectivity index (χ1n) is 11.7. The van der Waals surface area contributed by atoms with E-state index in [4.69, 9.17) is 0 Å². The number of fused-ring (bicyclic) bond motifs is 2. The highest BCUT2D eigenvalue weighted by Gasteiger charge is 2.13. The second kappa shape index (κ2) is 11.0. The SMILES string of the molecule is Cc1ccc2nc(SCC(=O)Nc3ccc(NC(=O)CSc4nc5ccc(C)cc5[nH]4)c(C#N)c3)[nH]c2c1. The Hall–Kier alpha value is -4.27. The van der Waals surface area contributed by atoms with Crippen molar-refractivity contribution < 1.29 is 9.59 Å². The van der Waals surface area contributed by atoms with Gasteiger partial charge in [-0.25, -0.2) is 9.97 Å². The number of benzene rings is 3. The third kappa shape index (κ3) is 5.99. The van der Waals surface area contributed by atoms with Crippen LogP contribution in [0.15, 0.2) is 64.9 Å². The quantitative estimate of drug-likeness (QED) is 0.193. The number of carbonyl (C=O) groups is 2. The van der Waals surface area contributed by atoms with Crippen LogP contribution in [-0.4, -0.2) is 43.3 Å². The third-order valence-corrected chi connectivity index (χ3v) is 7.36. The predicted molar refractivity (Wildman–Crippen MR) is 152 cm³/mol. The van der Waals surface area contributed by atoms with Gasteiger partial charge in [0.1, 0.15) is 6.07 Å². The minimum Gasteiger partial charge on any atom is -0.333 e. The van der Waals surface area contributed by atoms with E-state index >= 15 is 0 Å². The number of rotatable bonds is 8. The molecule has 190 valence electrons. The molecule has 38 heavy (non-hydrogen) atoms. The molecule has 2 heterocycles. The van der Waals surface area contributed by atoms with Gasteiger partial charge in [0.15, 0.2) is 10.3 Å². The summed E-state index contributed by atoms with van der Waals surface area (Å²) < 4.78 is 0. The van der Waals surface area contributed by atoms with Crippen molar-refractivity contribution in [3.8, 4) is 6.07 Å². The molecule has 3 aromatic carbocycles. The average Bonchev–Trinajstić information content (AvgIpc) is 3.49. The Kier molecular flexibility index (Phi) is 7.35. The molecule has 11 heteroatoms. The lowest BCUT2D eigenvalue weighted by atomic mass is 10.1. The summed E-state index contributed by atoms with van der Waals surface area (Å²) in [5, 5.41) is 16.5. The van der Waals surface area contributed by atoms with Gasteiger partial charge in [0, 0.05) is 5.69 Å². The number of aromatic nitrogens is 4. The number of aromatic amines is 2. The molecule has 0 unspecified atom stereocenters. The molecule has 2 aromatic heterocycles. The highest BCUT2D eigenvalue weighted by Crippen LogP contribution is 2.24. The number of carbonyl (C=O) groups excluding carboxylic acids is 2. The van der Waals surface area contributed by atoms with Crippen molar-refractivity contribution in [3.63, 3.8) is 0 Å². The standard InChI is InChI=1S/C27H23N7O2S2/c1-15-3-6-20-22(9-15)33-26(31-20)37-13-24(35)29-18-5-8-19(17(11-18)12-28)30-25(36)14-38-27-32-21-7-4-16(2)10-23(21)34-27/h3-11H,13-14H2,1-2H3,(H,29,35)(H,30,36)(H,31,33)(H,32,34). The zero-order chi connectivity index (χ0) is 26.6. The summed E-state index contributed by atoms with van der Waals surface area (Å²) in [6.45, 7) is 4.01. The zero-order valence-corrected chi connectivity index (χ0v) is 22.2. The molecule has 0 aliphatic rings. The minimum atomic E-state index is -0.266. The lowest BCUT2D eigenvalue weighted by molar-refractivity contribution is -0.114. The Morgan fingerprint density at radius 1 is 0.816 bits per heavy atom. The first-order valence-corrected chi connectivity index (χ1v) is 13.7. The molecule has 0 radical (unpaired) electrons. The summed E-state index contributed by atoms with van der Waals surface area (Å²) in [5.41, 5.74) is 6.89. The average molecular weight is 542 g/mol. The molecule has 0 saturated heterocycles. The van der Waals surface area contributed by atoms with Gasteiger partial charge >= 0.3 is 0 Å². The van der Waals surface area contributed by atoms with Crippen LogP contribution in [0.5, 0.6) is 0 Å². The molecular formula is C27H23N7O2S2. The lowest BCUT2D eigenvalue weighted by Crippen LogP contribution is -2.16. The molecule has 0 atom stereocenters. The van der Waals surface area contributed by atoms with E-state index in [1.165, 1.54) is 29.6 Å². The maximum atomic E-state index is 12.5. The van der Waals surface area contributed by atoms with Crippen molar-refractivity contribution in [3.05, 3.63) is 71.3 Å². The highest BCUT2D eigenvalue weighted by atomic mass is 32.2. The Labute approximate surface area is 226 Å². The van der Waals surface area contributed by atoms with Crippen molar-refractivity contribution in [1.82, 2.24) is 19.9 Å². The second-order valence-corrected chi connectivity index (χ2v) is 10.6. The highest BCUT2D eigenvalue weighted by molar-refractivity contribution is 8.00. The van der Waals surface area contributed by atoms with Crippen molar-refractivity contribution in [2.45, 2.75) is 24.2 Å². The topological polar surface area (TPSA) is 139 Å². The largest absolute Gasteiger partial charge is 0.333 e. The van der Waals surface area contributed by atoms with Crippen LogP contribution in [-0.2, 0) is 9.59 Å². The normalized spacial score (nSPS) is 11.0. The number of hydrogen-bond acceptors (Lipinski definition) is 7. The first kappa shape index (κ1) is 25.4. The Balaban J connectivity index is 1.15. The number of nitriles is 1. The minimum absolute atomic E-state index is 0.126. The number of thioether (sulfide) groups is 2. The molecule has 0 aliphatic heterocycles. The summed E-state index contributed by atoms with van der Waals surface area (Å²) in [4.78, 5) is 40.4. The van der Waals surface area contributed by atoms with Crippen LogP contribution < -0.4 is 10.6 Å². The van der Waals surface area contributed by atoms with Crippen LogP contribution in [0.1, 0.15) is 16.7 Å². The number of nitrogens with one attached hydrogen (secondary N) is 4. The van der Waals surface area contributed by atoms with Gasteiger partial charge in [-0.15, -0.1) is 0 Å². The van der Waals surface area contributed by atoms with Crippen LogP contribution in [0.4, 0.5) is 11.4 Å². The molecule has 5 aromatic rings. The van der Waals surface area contributed by atoms with E-state index in [0.717, 1.165) is 33.2 Å². The van der Waals surface area contributed by atoms with Crippen molar-refractivity contribution in [1.29, 1.82) is 5.26 Å². The number of aryl methyl sites for hydroxylation is 2. The molecule has 9 nitrogen and oxygen atoms in total. The number of imidazole rings is 2. The number of hydrogen-bond donors (Lipinski definition) is 4. The predicted octanol–water partition coefficient (Wildman–Crippen LogP) is 5.39. The second-order valence-electron chi connectivity index (χ2n) is 8.67. The van der Waals surface area contributed by atoms with Crippen LogP contribution in [0.2, 0.25) is 0 Å². The molecule has 0 fully saturated rings. The number of H-pyrrole nitrogens is 2. The van der Waals surface area contributed by atoms with E-state index in [9.17, 15) is 14.9 Å². The van der Waals surface area contributed by atoms with Gasteiger partial charge < -0.3 is 20.6 Å². The molecule has 0 aliphatic carbocycles. The number of anilines is 2. The monoisotopic (exact) mass is 541 g/mol. The number of nitrogens with zero attached hydrogens (tertiary/aromatic N) is 3. The van der Waals surface area contributed by atoms with Crippen molar-refractivity contribution >= 4 is 68.8 Å². The van der Waals surface area contributed by atoms with Crippen LogP contribution in [0.25, 0.3) is 22.1 Å². The van der Waals surface area contributed by atoms with E-state index in [0.29, 0.717) is 21.7 Å². The lowest BCUT2D eigenvalue weighted by Gasteiger charge is -2.09. The van der Waals surface area contributed by atoms with Crippen LogP contribution in [0.3, 0.4) is 0 Å². The molecule has 0 saturated carbocycles. The molecule has 0 bridgehead atoms. The summed E-state index contributed by atoms with van der Waals surface area (Å²) in [5.74, 6) is -0.222. The third-order valence-electron chi connectivity index (χ3n) is 5.61. The van der Waals surface area contributed by atoms with E-state index in [1.807, 2.05) is 50.2 Å². The Morgan fingerprint density at radius 2 is 1.37 bits per heavy atom. The number of amides is 2. The zero-order valence-electron chi connectivity index (χ0n) is 20.6. The van der Waals surface area contributed by atoms with E-state index in [-0.39, 0.29) is 28.9 Å². The fraction of sp³-hybridized carbons (Fsp3) is 0.148. The summed E-state index contributed by atoms with van der Waals surface area (Å²) in [6.07, 6.45) is 0. The van der Waals surface area contributed by atoms with Crippen LogP contribution in [0, 0.1) is 25.2 Å². The summed E-state index contributed by atoms with van der Waals surface area (Å²) in [7, 11) is 0. The fourth-order valence-corrected chi connectivity index (χ4v) is 5.18. The van der Waals surface area contributed by atoms with Gasteiger partial charge in [-0.1, -0.05) is 35.7 Å². The fourth-order valence-electron chi connectivity index (χ4n) is 3.81. The van der Waals surface area contributed by atoms with Gasteiger partial charge in [-0.3, -0.25) is 9.59 Å². The van der Waals surface area contributed by atoms with E-state index in [1.54, 1.807) is 12.1 Å². The maximum absolute atomic E-state index is 12.5. The first-order chi connectivity index (χ1) is 18.4. The van der Waals surface area contributed by atoms with Crippen molar-refractivity contribution in [2.24, 2.45) is 0 Å². The van der Waals surface area contributed by atoms with E-state index in [2.05, 4.69) is 36.6 Å².